The van der Waals surface area contributed by atoms with E-state index in [0.29, 0.717) is 24.1 Å². The van der Waals surface area contributed by atoms with E-state index in [2.05, 4.69) is 9.13 Å². The van der Waals surface area contributed by atoms with Crippen molar-refractivity contribution in [1.29, 1.82) is 0 Å². The van der Waals surface area contributed by atoms with Gasteiger partial charge in [0.15, 0.2) is 0 Å². The molecule has 10 nitrogen and oxygen atoms in total. The summed E-state index contributed by atoms with van der Waals surface area (Å²) in [5.41, 5.74) is 3.06. The predicted octanol–water partition coefficient (Wildman–Crippen LogP) is 2.48. The van der Waals surface area contributed by atoms with Crippen LogP contribution in [0.3, 0.4) is 0 Å². The third kappa shape index (κ3) is 9.06. The Morgan fingerprint density at radius 1 is 0.930 bits per heavy atom. The van der Waals surface area contributed by atoms with Gasteiger partial charge in [-0.3, -0.25) is 0 Å². The van der Waals surface area contributed by atoms with Crippen LogP contribution in [0, 0.1) is 10.1 Å². The van der Waals surface area contributed by atoms with Crippen molar-refractivity contribution >= 4 is 35.8 Å². The van der Waals surface area contributed by atoms with E-state index < -0.39 is 11.0 Å². The number of imidazole rings is 1. The summed E-state index contributed by atoms with van der Waals surface area (Å²) in [6.45, 7) is 1.39. The van der Waals surface area contributed by atoms with Gasteiger partial charge in [0.05, 0.1) is 0 Å². The third-order valence-electron chi connectivity index (χ3n) is 6.87. The number of non-ortho nitro benzene ring substituents is 1. The molecule has 226 valence electrons. The van der Waals surface area contributed by atoms with Crippen LogP contribution in [0.5, 0.6) is 0 Å². The van der Waals surface area contributed by atoms with E-state index >= 15 is 0 Å². The maximum atomic E-state index is 12.9. The molecular weight excluding hydrogens is 615 g/mol. The number of carbonyl (C=O) groups is 1. The average Bonchev–Trinajstić information content (AvgIpc) is 3.31. The number of rotatable bonds is 15. The van der Waals surface area contributed by atoms with Crippen LogP contribution >= 0.6 is 0 Å². The van der Waals surface area contributed by atoms with Crippen molar-refractivity contribution in [3.8, 4) is 0 Å². The molecule has 0 aliphatic carbocycles. The quantitative estimate of drug-likeness (QED) is 0.0489. The minimum atomic E-state index is -0.453. The summed E-state index contributed by atoms with van der Waals surface area (Å²) in [7, 11) is 7.33. The molecule has 43 heavy (non-hydrogen) atoms. The van der Waals surface area contributed by atoms with E-state index in [1.165, 1.54) is 19.2 Å². The monoisotopic (exact) mass is 654 g/mol. The molecule has 0 radical (unpaired) electrons. The van der Waals surface area contributed by atoms with Gasteiger partial charge in [-0.25, -0.2) is 0 Å². The van der Waals surface area contributed by atoms with Gasteiger partial charge in [0.1, 0.15) is 0 Å². The number of likely N-dealkylation sites (N-methyl/N-ethyl adjacent to an activating group) is 1. The Bertz CT molecular complexity index is 1490. The average molecular weight is 654 g/mol. The number of aromatic nitrogens is 2. The Hall–Kier alpha value is -3.86. The maximum absolute atomic E-state index is 12.9. The molecule has 0 bridgehead atoms. The topological polar surface area (TPSA) is 96.7 Å². The molecule has 0 aliphatic rings. The second kappa shape index (κ2) is 15.0. The number of hydrogen-bond donors (Lipinski definition) is 0. The van der Waals surface area contributed by atoms with E-state index in [4.69, 9.17) is 14.2 Å². The second-order valence-electron chi connectivity index (χ2n) is 10.9. The van der Waals surface area contributed by atoms with Crippen LogP contribution in [-0.4, -0.2) is 69.2 Å². The Labute approximate surface area is 258 Å². The standard InChI is InChI=1S/C32H38N4O6Se/c1-36(2,3)30(31(37)40-4)19-28-20-33(23-41-21-25-11-7-5-8-12-25)32(43-29-17-15-27(16-18-29)35(38)39)34(28)24-42-22-26-13-9-6-10-14-26/h5-18,20,30H,19,21-24H2,1-4H3/q+2. The minimum absolute atomic E-state index is 0.0461. The summed E-state index contributed by atoms with van der Waals surface area (Å²) in [5, 5.41) is 11.2. The van der Waals surface area contributed by atoms with Crippen molar-refractivity contribution in [2.45, 2.75) is 39.1 Å². The Morgan fingerprint density at radius 3 is 2.05 bits per heavy atom. The molecule has 4 aromatic rings. The van der Waals surface area contributed by atoms with Crippen molar-refractivity contribution in [3.63, 3.8) is 0 Å². The zero-order valence-electron chi connectivity index (χ0n) is 24.9. The number of hydrogen-bond acceptors (Lipinski definition) is 6. The van der Waals surface area contributed by atoms with E-state index in [1.54, 1.807) is 12.1 Å². The molecule has 1 aromatic heterocycles. The Balaban J connectivity index is 1.71. The molecule has 11 heteroatoms. The summed E-state index contributed by atoms with van der Waals surface area (Å²) in [6.07, 6.45) is 2.44. The fourth-order valence-electron chi connectivity index (χ4n) is 4.50. The van der Waals surface area contributed by atoms with E-state index in [9.17, 15) is 14.9 Å². The number of quaternary nitrogens is 1. The van der Waals surface area contributed by atoms with Crippen LogP contribution in [0.1, 0.15) is 16.8 Å². The molecule has 0 aliphatic heterocycles. The molecule has 4 rings (SSSR count). The van der Waals surface area contributed by atoms with Gasteiger partial charge in [-0.15, -0.1) is 0 Å². The van der Waals surface area contributed by atoms with Crippen molar-refractivity contribution in [3.05, 3.63) is 118 Å². The molecule has 0 N–H and O–H groups in total. The molecule has 0 spiro atoms. The molecule has 1 atom stereocenters. The second-order valence-corrected chi connectivity index (χ2v) is 13.1. The fourth-order valence-corrected chi connectivity index (χ4v) is 6.57. The van der Waals surface area contributed by atoms with Gasteiger partial charge >= 0.3 is 259 Å². The molecule has 0 saturated heterocycles. The van der Waals surface area contributed by atoms with Crippen LogP contribution in [0.25, 0.3) is 0 Å². The summed E-state index contributed by atoms with van der Waals surface area (Å²) < 4.78 is 24.0. The SMILES string of the molecule is COC(=O)C(Cc1c[n+](COCc2ccccc2)c([Se]c2ccc([N+](=O)[O-])cc2)n1COCc1ccccc1)[N+](C)(C)C. The van der Waals surface area contributed by atoms with Gasteiger partial charge in [0, 0.05) is 0 Å². The first-order valence-corrected chi connectivity index (χ1v) is 15.5. The van der Waals surface area contributed by atoms with Crippen LogP contribution in [0.2, 0.25) is 0 Å². The van der Waals surface area contributed by atoms with E-state index in [1.807, 2.05) is 88.0 Å². The number of ether oxygens (including phenoxy) is 3. The van der Waals surface area contributed by atoms with E-state index in [-0.39, 0.29) is 40.1 Å². The first kappa shape index (κ1) is 32.1. The number of carbonyl (C=O) groups excluding carboxylic acids is 1. The number of nitrogens with zero attached hydrogens (tertiary/aromatic N) is 4. The first-order valence-electron chi connectivity index (χ1n) is 13.8. The zero-order chi connectivity index (χ0) is 30.8. The number of esters is 1. The Morgan fingerprint density at radius 2 is 1.51 bits per heavy atom. The molecular formula is C32H38N4O6Se+2. The molecule has 1 unspecified atom stereocenters. The summed E-state index contributed by atoms with van der Waals surface area (Å²) in [6, 6.07) is 26.1. The van der Waals surface area contributed by atoms with Gasteiger partial charge in [0.2, 0.25) is 0 Å². The summed E-state index contributed by atoms with van der Waals surface area (Å²) in [5.74, 6) is -0.292. The summed E-state index contributed by atoms with van der Waals surface area (Å²) in [4.78, 5) is 23.8. The molecule has 0 saturated carbocycles. The van der Waals surface area contributed by atoms with Crippen molar-refractivity contribution in [1.82, 2.24) is 4.57 Å². The normalized spacial score (nSPS) is 12.2. The summed E-state index contributed by atoms with van der Waals surface area (Å²) >= 11 is -0.267. The number of nitro groups is 1. The zero-order valence-corrected chi connectivity index (χ0v) is 26.6. The van der Waals surface area contributed by atoms with Crippen LogP contribution < -0.4 is 13.8 Å². The van der Waals surface area contributed by atoms with Crippen molar-refractivity contribution < 1.29 is 33.0 Å². The number of nitro benzene ring substituents is 1. The van der Waals surface area contributed by atoms with Gasteiger partial charge < -0.3 is 0 Å². The van der Waals surface area contributed by atoms with Gasteiger partial charge in [-0.1, -0.05) is 0 Å². The van der Waals surface area contributed by atoms with Crippen LogP contribution in [-0.2, 0) is 52.1 Å². The fraction of sp³-hybridized carbons (Fsp3) is 0.312. The van der Waals surface area contributed by atoms with Gasteiger partial charge in [-0.2, -0.15) is 0 Å². The first-order chi connectivity index (χ1) is 20.7. The molecule has 1 heterocycles. The van der Waals surface area contributed by atoms with Gasteiger partial charge in [-0.05, 0) is 0 Å². The molecule has 3 aromatic carbocycles. The van der Waals surface area contributed by atoms with Crippen molar-refractivity contribution in [2.75, 3.05) is 28.3 Å². The van der Waals surface area contributed by atoms with Crippen LogP contribution in [0.4, 0.5) is 5.69 Å². The third-order valence-corrected chi connectivity index (χ3v) is 9.27. The molecule has 0 fully saturated rings. The number of benzene rings is 3. The molecule has 0 amide bonds. The number of methoxy groups -OCH3 is 1. The van der Waals surface area contributed by atoms with Crippen molar-refractivity contribution in [2.24, 2.45) is 0 Å². The van der Waals surface area contributed by atoms with Crippen LogP contribution in [0.15, 0.2) is 91.1 Å². The Kier molecular flexibility index (Phi) is 11.2. The predicted molar refractivity (Wildman–Crippen MR) is 163 cm³/mol. The van der Waals surface area contributed by atoms with E-state index in [0.717, 1.165) is 26.0 Å². The van der Waals surface area contributed by atoms with Gasteiger partial charge in [0.25, 0.3) is 0 Å².